The maximum atomic E-state index is 12.5. The lowest BCUT2D eigenvalue weighted by Crippen LogP contribution is -2.35. The zero-order chi connectivity index (χ0) is 18.8. The Morgan fingerprint density at radius 2 is 2.19 bits per heavy atom. The number of aryl methyl sites for hydroxylation is 1. The normalized spacial score (nSPS) is 14.3. The summed E-state index contributed by atoms with van der Waals surface area (Å²) in [4.78, 5) is 28.5. The highest BCUT2D eigenvalue weighted by Gasteiger charge is 2.30. The number of nitrogens with zero attached hydrogens (tertiary/aromatic N) is 3. The van der Waals surface area contributed by atoms with Crippen LogP contribution in [0.3, 0.4) is 0 Å². The molecule has 0 radical (unpaired) electrons. The van der Waals surface area contributed by atoms with E-state index in [1.165, 1.54) is 11.3 Å². The van der Waals surface area contributed by atoms with E-state index in [0.29, 0.717) is 28.9 Å². The largest absolute Gasteiger partial charge is 0.462 e. The van der Waals surface area contributed by atoms with Crippen LogP contribution in [0.2, 0.25) is 0 Å². The van der Waals surface area contributed by atoms with Crippen LogP contribution >= 0.6 is 11.3 Å². The van der Waals surface area contributed by atoms with Gasteiger partial charge in [0.25, 0.3) is 5.91 Å². The van der Waals surface area contributed by atoms with Gasteiger partial charge in [-0.25, -0.2) is 4.79 Å². The minimum absolute atomic E-state index is 0.301. The summed E-state index contributed by atoms with van der Waals surface area (Å²) in [6.07, 6.45) is 2.48. The van der Waals surface area contributed by atoms with Crippen molar-refractivity contribution in [3.8, 4) is 0 Å². The van der Waals surface area contributed by atoms with E-state index in [1.54, 1.807) is 30.9 Å². The van der Waals surface area contributed by atoms with Gasteiger partial charge in [-0.1, -0.05) is 0 Å². The van der Waals surface area contributed by atoms with E-state index >= 15 is 0 Å². The molecule has 2 aromatic heterocycles. The van der Waals surface area contributed by atoms with Crippen molar-refractivity contribution in [1.82, 2.24) is 14.7 Å². The van der Waals surface area contributed by atoms with Crippen LogP contribution in [0.1, 0.15) is 52.1 Å². The predicted octanol–water partition coefficient (Wildman–Crippen LogP) is 2.68. The van der Waals surface area contributed by atoms with Crippen molar-refractivity contribution < 1.29 is 14.3 Å². The quantitative estimate of drug-likeness (QED) is 0.812. The summed E-state index contributed by atoms with van der Waals surface area (Å²) in [7, 11) is 1.76. The van der Waals surface area contributed by atoms with Crippen LogP contribution in [-0.2, 0) is 24.8 Å². The average molecular weight is 376 g/mol. The van der Waals surface area contributed by atoms with Crippen molar-refractivity contribution in [3.05, 3.63) is 34.0 Å². The molecule has 0 atom stereocenters. The van der Waals surface area contributed by atoms with Crippen molar-refractivity contribution in [1.29, 1.82) is 0 Å². The fourth-order valence-corrected chi connectivity index (χ4v) is 4.33. The van der Waals surface area contributed by atoms with Gasteiger partial charge in [-0.05, 0) is 38.8 Å². The maximum absolute atomic E-state index is 12.5. The van der Waals surface area contributed by atoms with Crippen LogP contribution in [0, 0.1) is 0 Å². The molecule has 0 aliphatic carbocycles. The predicted molar refractivity (Wildman–Crippen MR) is 101 cm³/mol. The molecule has 1 aliphatic heterocycles. The lowest BCUT2D eigenvalue weighted by atomic mass is 10.0. The molecule has 1 N–H and O–H groups in total. The molecule has 0 bridgehead atoms. The Morgan fingerprint density at radius 1 is 1.42 bits per heavy atom. The third kappa shape index (κ3) is 3.66. The van der Waals surface area contributed by atoms with Crippen molar-refractivity contribution in [3.63, 3.8) is 0 Å². The monoisotopic (exact) mass is 376 g/mol. The lowest BCUT2D eigenvalue weighted by molar-refractivity contribution is 0.0526. The van der Waals surface area contributed by atoms with Crippen LogP contribution in [0.5, 0.6) is 0 Å². The van der Waals surface area contributed by atoms with Gasteiger partial charge in [-0.2, -0.15) is 5.10 Å². The third-order valence-electron chi connectivity index (χ3n) is 4.47. The second-order valence-electron chi connectivity index (χ2n) is 6.57. The van der Waals surface area contributed by atoms with Crippen LogP contribution in [0.15, 0.2) is 12.3 Å². The molecule has 8 heteroatoms. The van der Waals surface area contributed by atoms with Gasteiger partial charge in [-0.3, -0.25) is 14.4 Å². The lowest BCUT2D eigenvalue weighted by Gasteiger charge is -2.30. The number of esters is 1. The number of fused-ring (bicyclic) bond motifs is 1. The fraction of sp³-hybridized carbons (Fsp3) is 0.500. The highest BCUT2D eigenvalue weighted by atomic mass is 32.1. The number of hydrogen-bond acceptors (Lipinski definition) is 6. The van der Waals surface area contributed by atoms with Crippen LogP contribution in [0.4, 0.5) is 5.00 Å². The molecule has 26 heavy (non-hydrogen) atoms. The summed E-state index contributed by atoms with van der Waals surface area (Å²) in [6, 6.07) is 2.08. The molecule has 140 valence electrons. The number of hydrogen-bond donors (Lipinski definition) is 1. The summed E-state index contributed by atoms with van der Waals surface area (Å²) < 4.78 is 6.81. The number of thiophene rings is 1. The van der Waals surface area contributed by atoms with Crippen molar-refractivity contribution in [2.45, 2.75) is 39.8 Å². The Labute approximate surface area is 156 Å². The molecule has 1 amide bonds. The molecule has 2 aromatic rings. The van der Waals surface area contributed by atoms with E-state index in [4.69, 9.17) is 4.74 Å². The van der Waals surface area contributed by atoms with E-state index < -0.39 is 0 Å². The molecule has 0 unspecified atom stereocenters. The third-order valence-corrected chi connectivity index (χ3v) is 5.60. The van der Waals surface area contributed by atoms with Crippen molar-refractivity contribution in [2.24, 2.45) is 7.05 Å². The molecule has 0 fully saturated rings. The molecule has 0 aromatic carbocycles. The first-order valence-electron chi connectivity index (χ1n) is 8.77. The van der Waals surface area contributed by atoms with Crippen LogP contribution in [0.25, 0.3) is 0 Å². The van der Waals surface area contributed by atoms with Crippen molar-refractivity contribution in [2.75, 3.05) is 18.5 Å². The van der Waals surface area contributed by atoms with Gasteiger partial charge in [0.15, 0.2) is 5.69 Å². The van der Waals surface area contributed by atoms with E-state index in [2.05, 4.69) is 29.2 Å². The molecular weight excluding hydrogens is 352 g/mol. The number of amides is 1. The molecule has 1 aliphatic rings. The Balaban J connectivity index is 1.93. The smallest absolute Gasteiger partial charge is 0.341 e. The Hall–Kier alpha value is -2.19. The van der Waals surface area contributed by atoms with Gasteiger partial charge in [0.05, 0.1) is 12.2 Å². The van der Waals surface area contributed by atoms with E-state index in [9.17, 15) is 9.59 Å². The number of anilines is 1. The topological polar surface area (TPSA) is 76.5 Å². The number of carbonyl (C=O) groups excluding carboxylic acids is 2. The number of carbonyl (C=O) groups is 2. The molecule has 0 saturated carbocycles. The Morgan fingerprint density at radius 3 is 2.81 bits per heavy atom. The van der Waals surface area contributed by atoms with E-state index in [-0.39, 0.29) is 11.9 Å². The first-order valence-corrected chi connectivity index (χ1v) is 9.59. The van der Waals surface area contributed by atoms with Gasteiger partial charge < -0.3 is 10.1 Å². The minimum Gasteiger partial charge on any atom is -0.462 e. The molecule has 7 nitrogen and oxygen atoms in total. The van der Waals surface area contributed by atoms with Gasteiger partial charge in [0.1, 0.15) is 5.00 Å². The summed E-state index contributed by atoms with van der Waals surface area (Å²) in [5, 5.41) is 7.54. The van der Waals surface area contributed by atoms with Crippen LogP contribution < -0.4 is 5.32 Å². The summed E-state index contributed by atoms with van der Waals surface area (Å²) in [5.74, 6) is -0.699. The van der Waals surface area contributed by atoms with E-state index in [1.807, 2.05) is 0 Å². The minimum atomic E-state index is -0.376. The number of nitrogens with one attached hydrogen (secondary N) is 1. The Kier molecular flexibility index (Phi) is 5.43. The highest BCUT2D eigenvalue weighted by Crippen LogP contribution is 2.38. The number of aromatic nitrogens is 2. The SMILES string of the molecule is CCOC(=O)c1c(NC(=O)c2ccn(C)n2)sc2c1CCN(C(C)C)C2. The fourth-order valence-electron chi connectivity index (χ4n) is 3.07. The molecule has 3 rings (SSSR count). The second kappa shape index (κ2) is 7.59. The first-order chi connectivity index (χ1) is 12.4. The zero-order valence-corrected chi connectivity index (χ0v) is 16.4. The molecule has 0 spiro atoms. The van der Waals surface area contributed by atoms with Crippen LogP contribution in [-0.4, -0.2) is 45.8 Å². The molecule has 0 saturated heterocycles. The summed E-state index contributed by atoms with van der Waals surface area (Å²) in [5.41, 5.74) is 1.82. The van der Waals surface area contributed by atoms with Gasteiger partial charge in [0.2, 0.25) is 0 Å². The summed E-state index contributed by atoms with van der Waals surface area (Å²) >= 11 is 1.46. The highest BCUT2D eigenvalue weighted by molar-refractivity contribution is 7.17. The summed E-state index contributed by atoms with van der Waals surface area (Å²) in [6.45, 7) is 8.08. The first kappa shape index (κ1) is 18.6. The maximum Gasteiger partial charge on any atom is 0.341 e. The number of ether oxygens (including phenoxy) is 1. The Bertz CT molecular complexity index is 825. The van der Waals surface area contributed by atoms with E-state index in [0.717, 1.165) is 30.0 Å². The van der Waals surface area contributed by atoms with Crippen molar-refractivity contribution >= 4 is 28.2 Å². The average Bonchev–Trinajstić information content (AvgIpc) is 3.17. The molecule has 3 heterocycles. The van der Waals surface area contributed by atoms with Gasteiger partial charge in [-0.15, -0.1) is 11.3 Å². The second-order valence-corrected chi connectivity index (χ2v) is 7.68. The zero-order valence-electron chi connectivity index (χ0n) is 15.5. The number of rotatable bonds is 5. The van der Waals surface area contributed by atoms with Gasteiger partial charge >= 0.3 is 5.97 Å². The standard InChI is InChI=1S/C18H24N4O3S/c1-5-25-18(24)15-12-6-9-22(11(2)3)10-14(12)26-17(15)19-16(23)13-7-8-21(4)20-13/h7-8,11H,5-6,9-10H2,1-4H3,(H,19,23). The molecular formula is C18H24N4O3S. The van der Waals surface area contributed by atoms with Gasteiger partial charge in [0, 0.05) is 37.3 Å².